The highest BCUT2D eigenvalue weighted by Crippen LogP contribution is 2.35. The number of halogens is 2. The van der Waals surface area contributed by atoms with Gasteiger partial charge < -0.3 is 15.4 Å². The first-order chi connectivity index (χ1) is 8.15. The van der Waals surface area contributed by atoms with Gasteiger partial charge >= 0.3 is 6.09 Å². The van der Waals surface area contributed by atoms with Crippen molar-refractivity contribution in [3.63, 3.8) is 0 Å². The summed E-state index contributed by atoms with van der Waals surface area (Å²) in [6.07, 6.45) is -0.119. The molecule has 0 aliphatic carbocycles. The first kappa shape index (κ1) is 15.1. The Hall–Kier alpha value is -0.910. The molecular weight excluding hydrogens is 242 g/mol. The fourth-order valence-electron chi connectivity index (χ4n) is 2.02. The number of hydrogen-bond donors (Lipinski definition) is 1. The van der Waals surface area contributed by atoms with E-state index in [2.05, 4.69) is 0 Å². The van der Waals surface area contributed by atoms with Crippen molar-refractivity contribution in [3.05, 3.63) is 0 Å². The van der Waals surface area contributed by atoms with E-state index in [4.69, 9.17) is 10.5 Å². The Morgan fingerprint density at radius 3 is 2.56 bits per heavy atom. The summed E-state index contributed by atoms with van der Waals surface area (Å²) < 4.78 is 32.7. The first-order valence-electron chi connectivity index (χ1n) is 6.21. The molecular formula is C12H22F2N2O2. The van der Waals surface area contributed by atoms with E-state index in [1.165, 1.54) is 0 Å². The zero-order valence-corrected chi connectivity index (χ0v) is 11.2. The van der Waals surface area contributed by atoms with E-state index in [0.29, 0.717) is 6.54 Å². The van der Waals surface area contributed by atoms with E-state index in [0.717, 1.165) is 4.90 Å². The number of rotatable bonds is 2. The molecule has 1 aliphatic rings. The predicted molar refractivity (Wildman–Crippen MR) is 64.5 cm³/mol. The smallest absolute Gasteiger partial charge is 0.410 e. The van der Waals surface area contributed by atoms with E-state index in [9.17, 15) is 13.6 Å². The molecule has 0 bridgehead atoms. The van der Waals surface area contributed by atoms with E-state index in [1.54, 1.807) is 20.8 Å². The van der Waals surface area contributed by atoms with Crippen LogP contribution in [0.5, 0.6) is 0 Å². The van der Waals surface area contributed by atoms with Crippen molar-refractivity contribution in [3.8, 4) is 0 Å². The molecule has 1 heterocycles. The van der Waals surface area contributed by atoms with Crippen molar-refractivity contribution in [2.45, 2.75) is 45.1 Å². The van der Waals surface area contributed by atoms with Crippen molar-refractivity contribution in [1.29, 1.82) is 0 Å². The number of likely N-dealkylation sites (tertiary alicyclic amines) is 1. The van der Waals surface area contributed by atoms with Gasteiger partial charge in [0.05, 0.1) is 6.54 Å². The molecule has 106 valence electrons. The molecule has 0 aromatic heterocycles. The normalized spacial score (nSPS) is 23.9. The maximum atomic E-state index is 13.8. The molecule has 0 spiro atoms. The minimum absolute atomic E-state index is 0.243. The lowest BCUT2D eigenvalue weighted by molar-refractivity contribution is -0.111. The minimum Gasteiger partial charge on any atom is -0.444 e. The third kappa shape index (κ3) is 4.08. The van der Waals surface area contributed by atoms with Gasteiger partial charge in [0.1, 0.15) is 5.60 Å². The van der Waals surface area contributed by atoms with Gasteiger partial charge in [-0.3, -0.25) is 0 Å². The number of carbonyl (C=O) groups excluding carboxylic acids is 1. The molecule has 1 saturated heterocycles. The summed E-state index contributed by atoms with van der Waals surface area (Å²) in [4.78, 5) is 12.8. The Labute approximate surface area is 106 Å². The van der Waals surface area contributed by atoms with Crippen molar-refractivity contribution in [2.75, 3.05) is 19.6 Å². The van der Waals surface area contributed by atoms with Crippen LogP contribution in [-0.4, -0.2) is 42.2 Å². The molecule has 1 rings (SSSR count). The Kier molecular flexibility index (Phi) is 4.53. The second-order valence-electron chi connectivity index (χ2n) is 5.73. The summed E-state index contributed by atoms with van der Waals surface area (Å²) >= 11 is 0. The molecule has 1 amide bonds. The summed E-state index contributed by atoms with van der Waals surface area (Å²) in [5.74, 6) is -3.62. The number of hydrogen-bond acceptors (Lipinski definition) is 3. The van der Waals surface area contributed by atoms with E-state index < -0.39 is 30.1 Å². The van der Waals surface area contributed by atoms with Crippen molar-refractivity contribution in [1.82, 2.24) is 4.90 Å². The molecule has 4 nitrogen and oxygen atoms in total. The van der Waals surface area contributed by atoms with Gasteiger partial charge in [-0.05, 0) is 40.2 Å². The van der Waals surface area contributed by atoms with Crippen LogP contribution in [0, 0.1) is 5.92 Å². The Balaban J connectivity index is 2.60. The van der Waals surface area contributed by atoms with Crippen LogP contribution in [0.2, 0.25) is 0 Å². The molecule has 0 aromatic carbocycles. The number of amides is 1. The Bertz CT molecular complexity index is 303. The average Bonchev–Trinajstić information content (AvgIpc) is 2.18. The maximum absolute atomic E-state index is 13.8. The average molecular weight is 264 g/mol. The van der Waals surface area contributed by atoms with Crippen LogP contribution in [0.25, 0.3) is 0 Å². The number of carbonyl (C=O) groups is 1. The molecule has 1 aliphatic heterocycles. The van der Waals surface area contributed by atoms with Crippen LogP contribution in [0.4, 0.5) is 13.6 Å². The fourth-order valence-corrected chi connectivity index (χ4v) is 2.02. The molecule has 1 unspecified atom stereocenters. The quantitative estimate of drug-likeness (QED) is 0.832. The highest BCUT2D eigenvalue weighted by Gasteiger charge is 2.45. The zero-order valence-electron chi connectivity index (χ0n) is 11.2. The largest absolute Gasteiger partial charge is 0.444 e. The van der Waals surface area contributed by atoms with Crippen LogP contribution >= 0.6 is 0 Å². The molecule has 1 atom stereocenters. The third-order valence-corrected chi connectivity index (χ3v) is 2.91. The summed E-state index contributed by atoms with van der Waals surface area (Å²) in [5, 5.41) is 0. The van der Waals surface area contributed by atoms with Gasteiger partial charge in [-0.25, -0.2) is 13.6 Å². The zero-order chi connectivity index (χ0) is 14.0. The number of piperidine rings is 1. The van der Waals surface area contributed by atoms with Gasteiger partial charge in [0.25, 0.3) is 5.92 Å². The third-order valence-electron chi connectivity index (χ3n) is 2.91. The summed E-state index contributed by atoms with van der Waals surface area (Å²) in [6.45, 7) is 5.10. The molecule has 2 N–H and O–H groups in total. The first-order valence-corrected chi connectivity index (χ1v) is 6.21. The van der Waals surface area contributed by atoms with Gasteiger partial charge in [0.2, 0.25) is 0 Å². The summed E-state index contributed by atoms with van der Waals surface area (Å²) in [7, 11) is 0. The number of nitrogens with two attached hydrogens (primary N) is 1. The second kappa shape index (κ2) is 5.38. The fraction of sp³-hybridized carbons (Fsp3) is 0.917. The van der Waals surface area contributed by atoms with Crippen LogP contribution in [-0.2, 0) is 4.74 Å². The molecule has 0 aromatic rings. The summed E-state index contributed by atoms with van der Waals surface area (Å²) in [5.41, 5.74) is 4.65. The lowest BCUT2D eigenvalue weighted by Crippen LogP contribution is -2.52. The number of nitrogens with zero attached hydrogens (tertiary/aromatic N) is 1. The topological polar surface area (TPSA) is 55.6 Å². The van der Waals surface area contributed by atoms with Crippen LogP contribution in [0.3, 0.4) is 0 Å². The van der Waals surface area contributed by atoms with Crippen LogP contribution in [0.15, 0.2) is 0 Å². The number of alkyl halides is 2. The summed E-state index contributed by atoms with van der Waals surface area (Å²) in [6, 6.07) is 0. The van der Waals surface area contributed by atoms with Gasteiger partial charge in [-0.1, -0.05) is 0 Å². The lowest BCUT2D eigenvalue weighted by Gasteiger charge is -2.38. The van der Waals surface area contributed by atoms with Crippen molar-refractivity contribution < 1.29 is 18.3 Å². The molecule has 0 radical (unpaired) electrons. The van der Waals surface area contributed by atoms with Crippen molar-refractivity contribution >= 4 is 6.09 Å². The van der Waals surface area contributed by atoms with Crippen molar-refractivity contribution in [2.24, 2.45) is 11.7 Å². The standard InChI is InChI=1S/C12H22F2N2O2/c1-11(2,3)18-10(17)16-7-5-9(4-6-15)12(13,14)8-16/h9H,4-8,15H2,1-3H3. The minimum atomic E-state index is -2.88. The Morgan fingerprint density at radius 2 is 2.11 bits per heavy atom. The second-order valence-corrected chi connectivity index (χ2v) is 5.73. The van der Waals surface area contributed by atoms with Gasteiger partial charge in [0.15, 0.2) is 0 Å². The van der Waals surface area contributed by atoms with Gasteiger partial charge in [0, 0.05) is 12.5 Å². The molecule has 0 saturated carbocycles. The molecule has 1 fully saturated rings. The highest BCUT2D eigenvalue weighted by molar-refractivity contribution is 5.68. The Morgan fingerprint density at radius 1 is 1.50 bits per heavy atom. The molecule has 6 heteroatoms. The number of ether oxygens (including phenoxy) is 1. The molecule has 18 heavy (non-hydrogen) atoms. The van der Waals surface area contributed by atoms with Crippen LogP contribution < -0.4 is 5.73 Å². The van der Waals surface area contributed by atoms with Gasteiger partial charge in [-0.2, -0.15) is 0 Å². The maximum Gasteiger partial charge on any atom is 0.410 e. The van der Waals surface area contributed by atoms with E-state index in [1.807, 2.05) is 0 Å². The SMILES string of the molecule is CC(C)(C)OC(=O)N1CCC(CCN)C(F)(F)C1. The lowest BCUT2D eigenvalue weighted by atomic mass is 9.90. The van der Waals surface area contributed by atoms with Gasteiger partial charge in [-0.15, -0.1) is 0 Å². The van der Waals surface area contributed by atoms with E-state index >= 15 is 0 Å². The highest BCUT2D eigenvalue weighted by atomic mass is 19.3. The monoisotopic (exact) mass is 264 g/mol. The van der Waals surface area contributed by atoms with E-state index in [-0.39, 0.29) is 19.4 Å². The van der Waals surface area contributed by atoms with Crippen LogP contribution in [0.1, 0.15) is 33.6 Å². The predicted octanol–water partition coefficient (Wildman–Crippen LogP) is 2.23.